The predicted molar refractivity (Wildman–Crippen MR) is 103 cm³/mol. The van der Waals surface area contributed by atoms with Crippen LogP contribution in [0, 0.1) is 5.92 Å². The van der Waals surface area contributed by atoms with Gasteiger partial charge in [0.05, 0.1) is 12.1 Å². The first-order valence-electron chi connectivity index (χ1n) is 9.14. The molecule has 5 N–H and O–H groups in total. The summed E-state index contributed by atoms with van der Waals surface area (Å²) in [6, 6.07) is 8.78. The lowest BCUT2D eigenvalue weighted by Gasteiger charge is -2.30. The first kappa shape index (κ1) is 21.5. The quantitative estimate of drug-likeness (QED) is 0.582. The summed E-state index contributed by atoms with van der Waals surface area (Å²) in [6.45, 7) is 10.0. The number of rotatable bonds is 8. The van der Waals surface area contributed by atoms with Crippen LogP contribution in [0.2, 0.25) is 0 Å². The number of hydrogen-bond donors (Lipinski definition) is 4. The van der Waals surface area contributed by atoms with Crippen LogP contribution in [0.5, 0.6) is 0 Å². The van der Waals surface area contributed by atoms with Crippen LogP contribution in [-0.4, -0.2) is 34.9 Å². The van der Waals surface area contributed by atoms with Gasteiger partial charge in [-0.15, -0.1) is 0 Å². The smallest absolute Gasteiger partial charge is 0.315 e. The largest absolute Gasteiger partial charge is 0.389 e. The number of carbonyl (C=O) groups excluding carboxylic acids is 1. The lowest BCUT2D eigenvalue weighted by Crippen LogP contribution is -2.56. The molecule has 0 spiro atoms. The Bertz CT molecular complexity index is 511. The maximum Gasteiger partial charge on any atom is 0.315 e. The van der Waals surface area contributed by atoms with Gasteiger partial charge in [0.15, 0.2) is 0 Å². The summed E-state index contributed by atoms with van der Waals surface area (Å²) in [6.07, 6.45) is 1.38. The molecule has 5 nitrogen and oxygen atoms in total. The van der Waals surface area contributed by atoms with Gasteiger partial charge in [-0.2, -0.15) is 0 Å². The van der Waals surface area contributed by atoms with E-state index in [-0.39, 0.29) is 17.6 Å². The minimum Gasteiger partial charge on any atom is -0.389 e. The van der Waals surface area contributed by atoms with Crippen LogP contribution in [-0.2, 0) is 6.42 Å². The molecule has 3 unspecified atom stereocenters. The second-order valence-electron chi connectivity index (χ2n) is 8.27. The van der Waals surface area contributed by atoms with Crippen molar-refractivity contribution in [2.24, 2.45) is 11.7 Å². The van der Waals surface area contributed by atoms with Crippen molar-refractivity contribution in [2.45, 2.75) is 77.6 Å². The van der Waals surface area contributed by atoms with Crippen LogP contribution in [0.3, 0.4) is 0 Å². The van der Waals surface area contributed by atoms with Gasteiger partial charge >= 0.3 is 6.03 Å². The fraction of sp³-hybridized carbons (Fsp3) is 0.650. The highest BCUT2D eigenvalue weighted by Gasteiger charge is 2.28. The molecule has 0 aromatic heterocycles. The molecule has 1 aromatic carbocycles. The van der Waals surface area contributed by atoms with Gasteiger partial charge in [-0.25, -0.2) is 4.79 Å². The number of nitrogens with two attached hydrogens (primary N) is 1. The lowest BCUT2D eigenvalue weighted by atomic mass is 9.92. The summed E-state index contributed by atoms with van der Waals surface area (Å²) in [5, 5.41) is 16.5. The van der Waals surface area contributed by atoms with Crippen LogP contribution < -0.4 is 16.4 Å². The molecule has 0 saturated heterocycles. The monoisotopic (exact) mass is 349 g/mol. The van der Waals surface area contributed by atoms with Gasteiger partial charge < -0.3 is 21.5 Å². The highest BCUT2D eigenvalue weighted by Crippen LogP contribution is 2.14. The third kappa shape index (κ3) is 8.89. The highest BCUT2D eigenvalue weighted by molar-refractivity contribution is 5.75. The predicted octanol–water partition coefficient (Wildman–Crippen LogP) is 2.82. The molecule has 0 heterocycles. The van der Waals surface area contributed by atoms with Crippen molar-refractivity contribution in [3.63, 3.8) is 0 Å². The van der Waals surface area contributed by atoms with E-state index >= 15 is 0 Å². The Balaban J connectivity index is 2.73. The number of aliphatic hydroxyl groups is 1. The average molecular weight is 350 g/mol. The Morgan fingerprint density at radius 2 is 1.76 bits per heavy atom. The van der Waals surface area contributed by atoms with Crippen molar-refractivity contribution in [3.8, 4) is 0 Å². The Kier molecular flexibility index (Phi) is 8.39. The van der Waals surface area contributed by atoms with Gasteiger partial charge in [-0.05, 0) is 51.5 Å². The topological polar surface area (TPSA) is 87.4 Å². The van der Waals surface area contributed by atoms with E-state index in [1.54, 1.807) is 0 Å². The summed E-state index contributed by atoms with van der Waals surface area (Å²) in [4.78, 5) is 12.2. The summed E-state index contributed by atoms with van der Waals surface area (Å²) < 4.78 is 0. The first-order valence-corrected chi connectivity index (χ1v) is 9.14. The van der Waals surface area contributed by atoms with Gasteiger partial charge in [0, 0.05) is 11.6 Å². The Hall–Kier alpha value is -1.59. The van der Waals surface area contributed by atoms with E-state index in [1.165, 1.54) is 0 Å². The molecular formula is C20H35N3O2. The van der Waals surface area contributed by atoms with Gasteiger partial charge in [-0.3, -0.25) is 0 Å². The summed E-state index contributed by atoms with van der Waals surface area (Å²) in [7, 11) is 0. The van der Waals surface area contributed by atoms with Gasteiger partial charge in [0.1, 0.15) is 0 Å². The minimum atomic E-state index is -0.801. The molecule has 0 aliphatic rings. The normalized spacial score (nSPS) is 15.5. The Labute approximate surface area is 152 Å². The van der Waals surface area contributed by atoms with Crippen LogP contribution in [0.1, 0.15) is 53.0 Å². The van der Waals surface area contributed by atoms with E-state index in [0.29, 0.717) is 18.8 Å². The van der Waals surface area contributed by atoms with Gasteiger partial charge in [0.25, 0.3) is 0 Å². The number of nitrogens with one attached hydrogen (secondary N) is 2. The molecule has 1 aromatic rings. The Morgan fingerprint density at radius 3 is 2.28 bits per heavy atom. The SMILES string of the molecule is CC(C)CCC(NC(=O)NC(C)(C)C)C(O)C(N)Cc1ccccc1. The first-order chi connectivity index (χ1) is 11.6. The Morgan fingerprint density at radius 1 is 1.16 bits per heavy atom. The summed E-state index contributed by atoms with van der Waals surface area (Å²) in [5.74, 6) is 0.493. The van der Waals surface area contributed by atoms with E-state index in [0.717, 1.165) is 12.0 Å². The van der Waals surface area contributed by atoms with E-state index in [9.17, 15) is 9.90 Å². The zero-order chi connectivity index (χ0) is 19.0. The van der Waals surface area contributed by atoms with Crippen molar-refractivity contribution in [1.82, 2.24) is 10.6 Å². The number of urea groups is 1. The molecule has 0 radical (unpaired) electrons. The summed E-state index contributed by atoms with van der Waals surface area (Å²) in [5.41, 5.74) is 6.99. The molecule has 25 heavy (non-hydrogen) atoms. The van der Waals surface area contributed by atoms with Gasteiger partial charge in [-0.1, -0.05) is 44.2 Å². The van der Waals surface area contributed by atoms with Crippen molar-refractivity contribution in [1.29, 1.82) is 0 Å². The van der Waals surface area contributed by atoms with E-state index in [1.807, 2.05) is 51.1 Å². The van der Waals surface area contributed by atoms with E-state index < -0.39 is 12.1 Å². The molecule has 142 valence electrons. The molecule has 0 aliphatic heterocycles. The highest BCUT2D eigenvalue weighted by atomic mass is 16.3. The van der Waals surface area contributed by atoms with Crippen molar-refractivity contribution < 1.29 is 9.90 Å². The van der Waals surface area contributed by atoms with E-state index in [2.05, 4.69) is 24.5 Å². The molecular weight excluding hydrogens is 314 g/mol. The third-order valence-corrected chi connectivity index (χ3v) is 4.03. The molecule has 0 aliphatic carbocycles. The van der Waals surface area contributed by atoms with Crippen molar-refractivity contribution in [3.05, 3.63) is 35.9 Å². The second kappa shape index (κ2) is 9.78. The molecule has 2 amide bonds. The molecule has 5 heteroatoms. The van der Waals surface area contributed by atoms with Crippen molar-refractivity contribution in [2.75, 3.05) is 0 Å². The second-order valence-corrected chi connectivity index (χ2v) is 8.27. The number of benzene rings is 1. The molecule has 3 atom stereocenters. The third-order valence-electron chi connectivity index (χ3n) is 4.03. The van der Waals surface area contributed by atoms with Crippen LogP contribution in [0.25, 0.3) is 0 Å². The van der Waals surface area contributed by atoms with E-state index in [4.69, 9.17) is 5.73 Å². The van der Waals surface area contributed by atoms with Gasteiger partial charge in [0.2, 0.25) is 0 Å². The molecule has 0 bridgehead atoms. The maximum atomic E-state index is 12.2. The lowest BCUT2D eigenvalue weighted by molar-refractivity contribution is 0.0962. The zero-order valence-corrected chi connectivity index (χ0v) is 16.3. The molecule has 0 saturated carbocycles. The number of carbonyl (C=O) groups is 1. The zero-order valence-electron chi connectivity index (χ0n) is 16.3. The summed E-state index contributed by atoms with van der Waals surface area (Å²) >= 11 is 0. The fourth-order valence-electron chi connectivity index (χ4n) is 2.69. The number of amides is 2. The molecule has 0 fully saturated rings. The fourth-order valence-corrected chi connectivity index (χ4v) is 2.69. The minimum absolute atomic E-state index is 0.271. The number of aliphatic hydroxyl groups excluding tert-OH is 1. The molecule has 1 rings (SSSR count). The van der Waals surface area contributed by atoms with Crippen LogP contribution in [0.4, 0.5) is 4.79 Å². The number of hydrogen-bond acceptors (Lipinski definition) is 3. The maximum absolute atomic E-state index is 12.2. The van der Waals surface area contributed by atoms with Crippen LogP contribution >= 0.6 is 0 Å². The standard InChI is InChI=1S/C20H35N3O2/c1-14(2)11-12-17(22-19(25)23-20(3,4)5)18(24)16(21)13-15-9-7-6-8-10-15/h6-10,14,16-18,24H,11-13,21H2,1-5H3,(H2,22,23,25). The average Bonchev–Trinajstić information content (AvgIpc) is 2.49. The van der Waals surface area contributed by atoms with Crippen LogP contribution in [0.15, 0.2) is 30.3 Å². The van der Waals surface area contributed by atoms with Crippen molar-refractivity contribution >= 4 is 6.03 Å².